The van der Waals surface area contributed by atoms with Crippen molar-refractivity contribution in [3.63, 3.8) is 0 Å². The fraction of sp³-hybridized carbons (Fsp3) is 0.692. The van der Waals surface area contributed by atoms with E-state index < -0.39 is 7.14 Å². The van der Waals surface area contributed by atoms with E-state index in [-0.39, 0.29) is 16.0 Å². The Bertz CT molecular complexity index is 307. The topological polar surface area (TPSA) is 17.1 Å². The Kier molecular flexibility index (Phi) is 3.09. The molecule has 86 valence electrons. The molecule has 0 aliphatic heterocycles. The Morgan fingerprint density at radius 3 is 1.47 bits per heavy atom. The highest BCUT2D eigenvalue weighted by Crippen LogP contribution is 2.70. The molecule has 0 fully saturated rings. The molecule has 1 nitrogen and oxygen atoms in total. The average molecular weight is 226 g/mol. The molecular weight excluding hydrogens is 203 g/mol. The monoisotopic (exact) mass is 226 g/mol. The van der Waals surface area contributed by atoms with Gasteiger partial charge in [0.15, 0.2) is 0 Å². The van der Waals surface area contributed by atoms with Gasteiger partial charge in [-0.05, 0) is 0 Å². The number of rotatable bonds is 1. The first-order valence-corrected chi connectivity index (χ1v) is 7.33. The van der Waals surface area contributed by atoms with Gasteiger partial charge in [0.25, 0.3) is 0 Å². The molecule has 0 saturated heterocycles. The molecule has 1 aliphatic rings. The van der Waals surface area contributed by atoms with Crippen LogP contribution >= 0.6 is 7.14 Å². The molecule has 0 N–H and O–H groups in total. The zero-order valence-corrected chi connectivity index (χ0v) is 11.6. The lowest BCUT2D eigenvalue weighted by Crippen LogP contribution is -2.33. The van der Waals surface area contributed by atoms with Crippen LogP contribution in [0.2, 0.25) is 0 Å². The van der Waals surface area contributed by atoms with Crippen molar-refractivity contribution in [2.75, 3.05) is 0 Å². The third-order valence-corrected chi connectivity index (χ3v) is 8.31. The smallest absolute Gasteiger partial charge is 0.108 e. The van der Waals surface area contributed by atoms with E-state index in [4.69, 9.17) is 0 Å². The van der Waals surface area contributed by atoms with Crippen molar-refractivity contribution in [1.82, 2.24) is 0 Å². The van der Waals surface area contributed by atoms with Crippen LogP contribution in [0.15, 0.2) is 24.3 Å². The Labute approximate surface area is 94.0 Å². The minimum atomic E-state index is -2.31. The Balaban J connectivity index is 3.26. The molecule has 1 aliphatic carbocycles. The van der Waals surface area contributed by atoms with Crippen molar-refractivity contribution >= 4 is 7.14 Å². The summed E-state index contributed by atoms with van der Waals surface area (Å²) in [6.07, 6.45) is 8.18. The summed E-state index contributed by atoms with van der Waals surface area (Å²) in [7, 11) is -2.31. The summed E-state index contributed by atoms with van der Waals surface area (Å²) in [5, 5.41) is -0.288. The van der Waals surface area contributed by atoms with E-state index in [2.05, 4.69) is 53.7 Å². The molecule has 0 bridgehead atoms. The lowest BCUT2D eigenvalue weighted by Gasteiger charge is -2.43. The van der Waals surface area contributed by atoms with Crippen LogP contribution in [-0.2, 0) is 4.57 Å². The molecule has 0 spiro atoms. The van der Waals surface area contributed by atoms with Crippen molar-refractivity contribution in [1.29, 1.82) is 0 Å². The number of hydrogen-bond acceptors (Lipinski definition) is 1. The summed E-state index contributed by atoms with van der Waals surface area (Å²) in [5.41, 5.74) is 0.123. The van der Waals surface area contributed by atoms with Gasteiger partial charge in [-0.25, -0.2) is 0 Å². The Morgan fingerprint density at radius 1 is 0.867 bits per heavy atom. The van der Waals surface area contributed by atoms with Gasteiger partial charge in [0.2, 0.25) is 0 Å². The van der Waals surface area contributed by atoms with E-state index in [1.165, 1.54) is 0 Å². The highest BCUT2D eigenvalue weighted by Gasteiger charge is 2.49. The van der Waals surface area contributed by atoms with Crippen LogP contribution < -0.4 is 0 Å². The van der Waals surface area contributed by atoms with Crippen LogP contribution in [0, 0.1) is 0 Å². The van der Waals surface area contributed by atoms with E-state index in [1.807, 2.05) is 12.2 Å². The highest BCUT2D eigenvalue weighted by molar-refractivity contribution is 7.68. The summed E-state index contributed by atoms with van der Waals surface area (Å²) in [6.45, 7) is 12.6. The van der Waals surface area contributed by atoms with Crippen LogP contribution in [0.4, 0.5) is 0 Å². The van der Waals surface area contributed by atoms with Gasteiger partial charge in [0, 0.05) is 10.3 Å². The van der Waals surface area contributed by atoms with Crippen LogP contribution in [0.1, 0.15) is 41.5 Å². The summed E-state index contributed by atoms with van der Waals surface area (Å²) < 4.78 is 13.4. The summed E-state index contributed by atoms with van der Waals surface area (Å²) in [4.78, 5) is 0. The van der Waals surface area contributed by atoms with Crippen LogP contribution in [0.5, 0.6) is 0 Å². The first-order chi connectivity index (χ1) is 6.61. The molecule has 0 aromatic rings. The molecule has 1 rings (SSSR count). The van der Waals surface area contributed by atoms with E-state index in [9.17, 15) is 4.57 Å². The molecule has 0 aromatic carbocycles. The molecular formula is C13H23OP. The Hall–Kier alpha value is -0.290. The van der Waals surface area contributed by atoms with Crippen LogP contribution in [-0.4, -0.2) is 16.0 Å². The molecule has 0 unspecified atom stereocenters. The van der Waals surface area contributed by atoms with Gasteiger partial charge >= 0.3 is 0 Å². The lowest BCUT2D eigenvalue weighted by molar-refractivity contribution is 0.515. The van der Waals surface area contributed by atoms with Gasteiger partial charge in [0.05, 0.1) is 5.66 Å². The molecule has 2 heteroatoms. The molecule has 0 amide bonds. The summed E-state index contributed by atoms with van der Waals surface area (Å²) >= 11 is 0. The second-order valence-corrected chi connectivity index (χ2v) is 10.9. The van der Waals surface area contributed by atoms with Crippen molar-refractivity contribution in [2.24, 2.45) is 0 Å². The molecule has 0 radical (unpaired) electrons. The van der Waals surface area contributed by atoms with E-state index >= 15 is 0 Å². The van der Waals surface area contributed by atoms with Gasteiger partial charge in [-0.15, -0.1) is 0 Å². The molecule has 0 atom stereocenters. The van der Waals surface area contributed by atoms with Crippen molar-refractivity contribution in [3.8, 4) is 0 Å². The second-order valence-electron chi connectivity index (χ2n) is 6.26. The quantitative estimate of drug-likeness (QED) is 0.604. The number of hydrogen-bond donors (Lipinski definition) is 0. The van der Waals surface area contributed by atoms with Crippen molar-refractivity contribution in [3.05, 3.63) is 24.3 Å². The maximum absolute atomic E-state index is 13.4. The largest absolute Gasteiger partial charge is 0.322 e. The lowest BCUT2D eigenvalue weighted by atomic mass is 10.2. The fourth-order valence-electron chi connectivity index (χ4n) is 2.56. The maximum Gasteiger partial charge on any atom is 0.108 e. The molecule has 15 heavy (non-hydrogen) atoms. The van der Waals surface area contributed by atoms with E-state index in [1.54, 1.807) is 0 Å². The van der Waals surface area contributed by atoms with Crippen molar-refractivity contribution in [2.45, 2.75) is 57.5 Å². The minimum Gasteiger partial charge on any atom is -0.322 e. The van der Waals surface area contributed by atoms with Crippen LogP contribution in [0.25, 0.3) is 0 Å². The van der Waals surface area contributed by atoms with E-state index in [0.717, 1.165) is 0 Å². The molecule has 0 saturated carbocycles. The first kappa shape index (κ1) is 12.8. The summed E-state index contributed by atoms with van der Waals surface area (Å²) in [5.74, 6) is 0. The minimum absolute atomic E-state index is 0.123. The van der Waals surface area contributed by atoms with Gasteiger partial charge < -0.3 is 4.57 Å². The standard InChI is InChI=1S/C13H23OP/c1-12(2,3)15(14,13(4,5)6)11-9-7-8-10-11/h7-11H,1-6H3. The predicted octanol–water partition coefficient (Wildman–Crippen LogP) is 4.44. The fourth-order valence-corrected chi connectivity index (χ4v) is 7.05. The molecule has 0 heterocycles. The second kappa shape index (κ2) is 3.63. The van der Waals surface area contributed by atoms with Gasteiger partial charge in [-0.3, -0.25) is 0 Å². The highest BCUT2D eigenvalue weighted by atomic mass is 31.2. The first-order valence-electron chi connectivity index (χ1n) is 5.55. The van der Waals surface area contributed by atoms with Gasteiger partial charge in [-0.1, -0.05) is 65.8 Å². The van der Waals surface area contributed by atoms with Crippen molar-refractivity contribution < 1.29 is 4.57 Å². The van der Waals surface area contributed by atoms with Gasteiger partial charge in [0.1, 0.15) is 7.14 Å². The summed E-state index contributed by atoms with van der Waals surface area (Å²) in [6, 6.07) is 0. The SMILES string of the molecule is CC(C)(C)P(=O)(C1C=CC=C1)C(C)(C)C. The van der Waals surface area contributed by atoms with Crippen LogP contribution in [0.3, 0.4) is 0 Å². The maximum atomic E-state index is 13.4. The van der Waals surface area contributed by atoms with E-state index in [0.29, 0.717) is 0 Å². The Morgan fingerprint density at radius 2 is 1.20 bits per heavy atom. The third kappa shape index (κ3) is 1.99. The average Bonchev–Trinajstić information content (AvgIpc) is 2.49. The molecule has 0 aromatic heterocycles. The number of allylic oxidation sites excluding steroid dienone is 4. The normalized spacial score (nSPS) is 18.8. The van der Waals surface area contributed by atoms with Gasteiger partial charge in [-0.2, -0.15) is 0 Å². The third-order valence-electron chi connectivity index (χ3n) is 3.14. The predicted molar refractivity (Wildman–Crippen MR) is 69.2 cm³/mol. The zero-order valence-electron chi connectivity index (χ0n) is 10.7. The zero-order chi connectivity index (χ0) is 11.9.